The van der Waals surface area contributed by atoms with Gasteiger partial charge in [-0.25, -0.2) is 4.79 Å². The van der Waals surface area contributed by atoms with Gasteiger partial charge in [0.1, 0.15) is 18.2 Å². The molecular weight excluding hydrogens is 310 g/mol. The highest BCUT2D eigenvalue weighted by Crippen LogP contribution is 2.26. The van der Waals surface area contributed by atoms with Crippen molar-refractivity contribution in [2.45, 2.75) is 31.9 Å². The number of rotatable bonds is 4. The molecule has 1 aromatic carbocycles. The molecule has 2 aliphatic heterocycles. The molecule has 128 valence electrons. The summed E-state index contributed by atoms with van der Waals surface area (Å²) >= 11 is 0. The molecule has 0 bridgehead atoms. The van der Waals surface area contributed by atoms with Crippen molar-refractivity contribution in [3.8, 4) is 0 Å². The lowest BCUT2D eigenvalue weighted by atomic mass is 9.97. The third-order valence-corrected chi connectivity index (χ3v) is 4.57. The molecule has 7 heteroatoms. The van der Waals surface area contributed by atoms with E-state index < -0.39 is 17.5 Å². The van der Waals surface area contributed by atoms with Crippen LogP contribution in [-0.4, -0.2) is 48.0 Å². The molecule has 1 unspecified atom stereocenters. The summed E-state index contributed by atoms with van der Waals surface area (Å²) in [4.78, 5) is 36.9. The van der Waals surface area contributed by atoms with Crippen molar-refractivity contribution < 1.29 is 19.1 Å². The minimum atomic E-state index is -1.03. The Bertz CT molecular complexity index is 686. The quantitative estimate of drug-likeness (QED) is 0.797. The Morgan fingerprint density at radius 2 is 2.12 bits per heavy atom. The average Bonchev–Trinajstić information content (AvgIpc) is 2.75. The summed E-state index contributed by atoms with van der Waals surface area (Å²) in [5.41, 5.74) is 1.29. The highest BCUT2D eigenvalue weighted by Gasteiger charge is 2.46. The first-order valence-corrected chi connectivity index (χ1v) is 7.99. The second kappa shape index (κ2) is 6.24. The topological polar surface area (TPSA) is 87.7 Å². The Labute approximate surface area is 140 Å². The fraction of sp³-hybridized carbons (Fsp3) is 0.471. The summed E-state index contributed by atoms with van der Waals surface area (Å²) in [5.74, 6) is -0.718. The number of nitrogens with one attached hydrogen (secondary N) is 2. The molecule has 1 fully saturated rings. The minimum Gasteiger partial charge on any atom is -0.371 e. The third kappa shape index (κ3) is 2.99. The van der Waals surface area contributed by atoms with Gasteiger partial charge in [0, 0.05) is 6.54 Å². The molecule has 4 amide bonds. The molecule has 0 aromatic heterocycles. The van der Waals surface area contributed by atoms with E-state index in [2.05, 4.69) is 16.7 Å². The van der Waals surface area contributed by atoms with E-state index in [0.717, 1.165) is 12.0 Å². The third-order valence-electron chi connectivity index (χ3n) is 4.57. The van der Waals surface area contributed by atoms with Gasteiger partial charge in [-0.3, -0.25) is 14.9 Å². The van der Waals surface area contributed by atoms with Gasteiger partial charge in [0.05, 0.1) is 6.61 Å². The molecule has 0 saturated carbocycles. The number of nitrogens with zero attached hydrogens (tertiary/aromatic N) is 1. The van der Waals surface area contributed by atoms with Gasteiger partial charge in [0.2, 0.25) is 5.91 Å². The van der Waals surface area contributed by atoms with E-state index in [-0.39, 0.29) is 18.6 Å². The second-order valence-electron chi connectivity index (χ2n) is 6.52. The molecule has 0 aliphatic carbocycles. The van der Waals surface area contributed by atoms with Crippen LogP contribution in [0.4, 0.5) is 4.79 Å². The van der Waals surface area contributed by atoms with Gasteiger partial charge >= 0.3 is 6.03 Å². The largest absolute Gasteiger partial charge is 0.371 e. The number of benzene rings is 1. The average molecular weight is 331 g/mol. The molecule has 24 heavy (non-hydrogen) atoms. The van der Waals surface area contributed by atoms with Crippen LogP contribution in [0.5, 0.6) is 0 Å². The zero-order chi connectivity index (χ0) is 17.3. The number of carbonyl (C=O) groups excluding carboxylic acids is 3. The van der Waals surface area contributed by atoms with Crippen molar-refractivity contribution >= 4 is 17.8 Å². The zero-order valence-electron chi connectivity index (χ0n) is 13.8. The van der Waals surface area contributed by atoms with Gasteiger partial charge in [-0.15, -0.1) is 0 Å². The Kier molecular flexibility index (Phi) is 4.28. The molecule has 2 heterocycles. The highest BCUT2D eigenvalue weighted by molar-refractivity contribution is 6.07. The summed E-state index contributed by atoms with van der Waals surface area (Å²) in [7, 11) is 0. The van der Waals surface area contributed by atoms with Crippen LogP contribution in [0.3, 0.4) is 0 Å². The van der Waals surface area contributed by atoms with Crippen molar-refractivity contribution in [3.63, 3.8) is 0 Å². The van der Waals surface area contributed by atoms with E-state index in [9.17, 15) is 14.4 Å². The number of hydrogen-bond acceptors (Lipinski definition) is 4. The van der Waals surface area contributed by atoms with E-state index in [1.807, 2.05) is 18.2 Å². The van der Waals surface area contributed by atoms with Gasteiger partial charge in [-0.2, -0.15) is 0 Å². The first-order chi connectivity index (χ1) is 11.4. The first-order valence-electron chi connectivity index (χ1n) is 7.99. The Balaban J connectivity index is 1.59. The fourth-order valence-corrected chi connectivity index (χ4v) is 3.02. The number of fused-ring (bicyclic) bond motifs is 1. The minimum absolute atomic E-state index is 0.168. The number of imide groups is 1. The van der Waals surface area contributed by atoms with E-state index >= 15 is 0 Å². The van der Waals surface area contributed by atoms with Gasteiger partial charge in [0.15, 0.2) is 0 Å². The van der Waals surface area contributed by atoms with Crippen LogP contribution >= 0.6 is 0 Å². The second-order valence-corrected chi connectivity index (χ2v) is 6.52. The van der Waals surface area contributed by atoms with Crippen LogP contribution in [-0.2, 0) is 20.7 Å². The summed E-state index contributed by atoms with van der Waals surface area (Å²) in [6, 6.07) is 7.46. The van der Waals surface area contributed by atoms with Crippen LogP contribution in [0.1, 0.15) is 31.1 Å². The number of urea groups is 1. The SMILES string of the molecule is CC1(C)C(=O)NC(=O)N1CC(=O)NCC1OCCc2ccccc21. The maximum absolute atomic E-state index is 12.2. The normalized spacial score (nSPS) is 22.1. The molecule has 1 aromatic rings. The van der Waals surface area contributed by atoms with Crippen LogP contribution in [0.15, 0.2) is 24.3 Å². The predicted octanol–water partition coefficient (Wildman–Crippen LogP) is 0.747. The van der Waals surface area contributed by atoms with Crippen molar-refractivity contribution in [1.29, 1.82) is 0 Å². The lowest BCUT2D eigenvalue weighted by molar-refractivity contribution is -0.127. The fourth-order valence-electron chi connectivity index (χ4n) is 3.02. The van der Waals surface area contributed by atoms with Crippen LogP contribution < -0.4 is 10.6 Å². The monoisotopic (exact) mass is 331 g/mol. The molecular formula is C17H21N3O4. The molecule has 1 atom stereocenters. The number of carbonyl (C=O) groups is 3. The van der Waals surface area contributed by atoms with Crippen LogP contribution in [0.25, 0.3) is 0 Å². The number of amides is 4. The summed E-state index contributed by atoms with van der Waals surface area (Å²) in [5, 5.41) is 5.02. The number of hydrogen-bond donors (Lipinski definition) is 2. The van der Waals surface area contributed by atoms with E-state index in [1.165, 1.54) is 10.5 Å². The lowest BCUT2D eigenvalue weighted by Gasteiger charge is -2.28. The Morgan fingerprint density at radius 1 is 1.38 bits per heavy atom. The van der Waals surface area contributed by atoms with E-state index in [4.69, 9.17) is 4.74 Å². The van der Waals surface area contributed by atoms with E-state index in [0.29, 0.717) is 13.2 Å². The van der Waals surface area contributed by atoms with Crippen molar-refractivity contribution in [2.24, 2.45) is 0 Å². The molecule has 2 aliphatic rings. The standard InChI is InChI=1S/C17H21N3O4/c1-17(2)15(22)19-16(23)20(17)10-14(21)18-9-13-12-6-4-3-5-11(12)7-8-24-13/h3-6,13H,7-10H2,1-2H3,(H,18,21)(H,19,22,23). The van der Waals surface area contributed by atoms with Gasteiger partial charge in [-0.1, -0.05) is 24.3 Å². The summed E-state index contributed by atoms with van der Waals surface area (Å²) in [6.45, 7) is 4.01. The maximum Gasteiger partial charge on any atom is 0.325 e. The van der Waals surface area contributed by atoms with Crippen molar-refractivity contribution in [2.75, 3.05) is 19.7 Å². The molecule has 0 spiro atoms. The molecule has 2 N–H and O–H groups in total. The molecule has 3 rings (SSSR count). The van der Waals surface area contributed by atoms with Crippen LogP contribution in [0.2, 0.25) is 0 Å². The molecule has 1 saturated heterocycles. The van der Waals surface area contributed by atoms with Crippen molar-refractivity contribution in [3.05, 3.63) is 35.4 Å². The Hall–Kier alpha value is -2.41. The summed E-state index contributed by atoms with van der Waals surface area (Å²) < 4.78 is 5.74. The smallest absolute Gasteiger partial charge is 0.325 e. The first kappa shape index (κ1) is 16.4. The Morgan fingerprint density at radius 3 is 2.83 bits per heavy atom. The highest BCUT2D eigenvalue weighted by atomic mass is 16.5. The van der Waals surface area contributed by atoms with Gasteiger partial charge in [0.25, 0.3) is 5.91 Å². The van der Waals surface area contributed by atoms with Gasteiger partial charge < -0.3 is 15.0 Å². The van der Waals surface area contributed by atoms with E-state index in [1.54, 1.807) is 13.8 Å². The maximum atomic E-state index is 12.2. The van der Waals surface area contributed by atoms with Crippen molar-refractivity contribution in [1.82, 2.24) is 15.5 Å². The van der Waals surface area contributed by atoms with Crippen LogP contribution in [0, 0.1) is 0 Å². The number of ether oxygens (including phenoxy) is 1. The predicted molar refractivity (Wildman–Crippen MR) is 86.2 cm³/mol. The molecule has 7 nitrogen and oxygen atoms in total. The zero-order valence-corrected chi connectivity index (χ0v) is 13.8. The molecule has 0 radical (unpaired) electrons. The van der Waals surface area contributed by atoms with Gasteiger partial charge in [-0.05, 0) is 31.4 Å². The lowest BCUT2D eigenvalue weighted by Crippen LogP contribution is -2.49. The summed E-state index contributed by atoms with van der Waals surface area (Å²) in [6.07, 6.45) is 0.672.